The van der Waals surface area contributed by atoms with Gasteiger partial charge in [0.25, 0.3) is 0 Å². The molecule has 1 aliphatic heterocycles. The number of carbonyl (C=O) groups excluding carboxylic acids is 3. The van der Waals surface area contributed by atoms with E-state index < -0.39 is 20.3 Å². The van der Waals surface area contributed by atoms with Crippen molar-refractivity contribution in [1.82, 2.24) is 20.1 Å². The fourth-order valence-corrected chi connectivity index (χ4v) is 9.78. The maximum Gasteiger partial charge on any atom is 0.357 e. The van der Waals surface area contributed by atoms with E-state index in [4.69, 9.17) is 9.16 Å². The average Bonchev–Trinajstić information content (AvgIpc) is 3.50. The van der Waals surface area contributed by atoms with E-state index in [0.29, 0.717) is 12.1 Å². The molecular formula is C32H58N4O5SSi. The molecule has 2 heterocycles. The van der Waals surface area contributed by atoms with Gasteiger partial charge in [-0.05, 0) is 69.7 Å². The van der Waals surface area contributed by atoms with Crippen LogP contribution in [0.1, 0.15) is 109 Å². The van der Waals surface area contributed by atoms with Crippen molar-refractivity contribution in [1.29, 1.82) is 0 Å². The Bertz CT molecular complexity index is 1020. The second-order valence-electron chi connectivity index (χ2n) is 12.5. The number of aromatic nitrogens is 1. The molecule has 2 rings (SSSR count). The van der Waals surface area contributed by atoms with Crippen LogP contribution >= 0.6 is 11.3 Å². The molecule has 1 aliphatic rings. The minimum atomic E-state index is -2.07. The Labute approximate surface area is 265 Å². The topological polar surface area (TPSA) is 101 Å². The Morgan fingerprint density at radius 2 is 1.77 bits per heavy atom. The van der Waals surface area contributed by atoms with Gasteiger partial charge in [0.15, 0.2) is 14.0 Å². The van der Waals surface area contributed by atoms with Gasteiger partial charge in [-0.1, -0.05) is 61.3 Å². The first-order valence-electron chi connectivity index (χ1n) is 16.5. The van der Waals surface area contributed by atoms with Crippen LogP contribution in [-0.4, -0.2) is 86.3 Å². The first-order valence-corrected chi connectivity index (χ1v) is 19.9. The van der Waals surface area contributed by atoms with E-state index in [2.05, 4.69) is 56.7 Å². The molecule has 246 valence electrons. The van der Waals surface area contributed by atoms with Gasteiger partial charge in [-0.25, -0.2) is 9.78 Å². The standard InChI is InChI=1S/C32H58N4O5SSi/c1-11-23(8)28(34-29(37)25-18-16-17-19-35(25)9)31(38)36(10)26(22(6)7)20-27(41-43(13-3,14-4)15-5)30-33-24(21-42-30)32(39)40-12-2/h21-23,25-28H,11-20H2,1-10H3,(H,34,37)/t23-,25?,26+,27+,28-/m0/s1. The summed E-state index contributed by atoms with van der Waals surface area (Å²) in [6.07, 6.45) is 3.90. The number of likely N-dealkylation sites (N-methyl/N-ethyl adjacent to an activating group) is 2. The van der Waals surface area contributed by atoms with Crippen molar-refractivity contribution in [2.24, 2.45) is 11.8 Å². The molecule has 0 radical (unpaired) electrons. The number of carbonyl (C=O) groups is 3. The monoisotopic (exact) mass is 638 g/mol. The summed E-state index contributed by atoms with van der Waals surface area (Å²) in [5.74, 6) is -0.454. The summed E-state index contributed by atoms with van der Waals surface area (Å²) in [5.41, 5.74) is 0.296. The van der Waals surface area contributed by atoms with Crippen molar-refractivity contribution in [2.75, 3.05) is 27.2 Å². The third kappa shape index (κ3) is 9.83. The summed E-state index contributed by atoms with van der Waals surface area (Å²) in [6, 6.07) is 1.96. The highest BCUT2D eigenvalue weighted by atomic mass is 32.1. The first-order chi connectivity index (χ1) is 20.4. The van der Waals surface area contributed by atoms with Gasteiger partial charge in [0.05, 0.1) is 18.8 Å². The number of likely N-dealkylation sites (tertiary alicyclic amines) is 1. The zero-order chi connectivity index (χ0) is 32.3. The van der Waals surface area contributed by atoms with Crippen LogP contribution in [0.25, 0.3) is 0 Å². The van der Waals surface area contributed by atoms with Crippen molar-refractivity contribution >= 4 is 37.4 Å². The third-order valence-corrected chi connectivity index (χ3v) is 15.1. The second-order valence-corrected chi connectivity index (χ2v) is 18.1. The number of ether oxygens (including phenoxy) is 1. The molecule has 5 atom stereocenters. The quantitative estimate of drug-likeness (QED) is 0.159. The van der Waals surface area contributed by atoms with E-state index in [1.165, 1.54) is 11.3 Å². The fourth-order valence-electron chi connectivity index (χ4n) is 6.05. The smallest absolute Gasteiger partial charge is 0.357 e. The molecule has 0 aromatic carbocycles. The van der Waals surface area contributed by atoms with Gasteiger partial charge < -0.3 is 19.4 Å². The second kappa shape index (κ2) is 17.6. The molecule has 1 aromatic rings. The Kier molecular flexibility index (Phi) is 15.3. The highest BCUT2D eigenvalue weighted by molar-refractivity contribution is 7.09. The molecule has 0 aliphatic carbocycles. The molecule has 1 fully saturated rings. The van der Waals surface area contributed by atoms with Crippen LogP contribution < -0.4 is 5.32 Å². The van der Waals surface area contributed by atoms with Crippen molar-refractivity contribution < 1.29 is 23.5 Å². The lowest BCUT2D eigenvalue weighted by Crippen LogP contribution is -2.58. The molecule has 9 nitrogen and oxygen atoms in total. The minimum absolute atomic E-state index is 0.0147. The molecule has 43 heavy (non-hydrogen) atoms. The number of nitrogens with zero attached hydrogens (tertiary/aromatic N) is 3. The van der Waals surface area contributed by atoms with E-state index >= 15 is 0 Å². The van der Waals surface area contributed by atoms with Crippen LogP contribution in [0, 0.1) is 11.8 Å². The highest BCUT2D eigenvalue weighted by Gasteiger charge is 2.39. The van der Waals surface area contributed by atoms with Crippen LogP contribution in [0.2, 0.25) is 18.1 Å². The van der Waals surface area contributed by atoms with E-state index in [-0.39, 0.29) is 48.4 Å². The van der Waals surface area contributed by atoms with Crippen molar-refractivity contribution in [3.63, 3.8) is 0 Å². The van der Waals surface area contributed by atoms with E-state index in [9.17, 15) is 14.4 Å². The summed E-state index contributed by atoms with van der Waals surface area (Å²) < 4.78 is 12.2. The molecule has 0 saturated carbocycles. The Balaban J connectivity index is 2.40. The summed E-state index contributed by atoms with van der Waals surface area (Å²) in [7, 11) is 1.78. The maximum absolute atomic E-state index is 14.2. The van der Waals surface area contributed by atoms with Crippen LogP contribution in [0.15, 0.2) is 5.38 Å². The lowest BCUT2D eigenvalue weighted by atomic mass is 9.92. The molecule has 0 spiro atoms. The van der Waals surface area contributed by atoms with Gasteiger partial charge in [-0.2, -0.15) is 0 Å². The Morgan fingerprint density at radius 1 is 1.12 bits per heavy atom. The highest BCUT2D eigenvalue weighted by Crippen LogP contribution is 2.36. The van der Waals surface area contributed by atoms with Gasteiger partial charge in [0.1, 0.15) is 11.0 Å². The minimum Gasteiger partial charge on any atom is -0.461 e. The van der Waals surface area contributed by atoms with Gasteiger partial charge in [0.2, 0.25) is 11.8 Å². The summed E-state index contributed by atoms with van der Waals surface area (Å²) in [5, 5.41) is 5.65. The average molecular weight is 639 g/mol. The summed E-state index contributed by atoms with van der Waals surface area (Å²) in [4.78, 5) is 48.7. The SMILES string of the molecule is CCOC(=O)c1csc([C@@H](C[C@H](C(C)C)N(C)C(=O)[C@@H](NC(=O)C2CCCCN2C)[C@@H](C)CC)O[Si](CC)(CC)CC)n1. The zero-order valence-corrected chi connectivity index (χ0v) is 30.2. The molecule has 1 aromatic heterocycles. The number of esters is 1. The number of nitrogens with one attached hydrogen (secondary N) is 1. The molecule has 2 amide bonds. The van der Waals surface area contributed by atoms with Gasteiger partial charge in [-0.15, -0.1) is 11.3 Å². The molecule has 1 unspecified atom stereocenters. The number of thiazole rings is 1. The lowest BCUT2D eigenvalue weighted by Gasteiger charge is -2.40. The Hall–Kier alpha value is -1.82. The number of hydrogen-bond acceptors (Lipinski definition) is 8. The van der Waals surface area contributed by atoms with Gasteiger partial charge in [0, 0.05) is 18.5 Å². The third-order valence-electron chi connectivity index (χ3n) is 9.53. The van der Waals surface area contributed by atoms with E-state index in [1.54, 1.807) is 12.3 Å². The van der Waals surface area contributed by atoms with Gasteiger partial charge in [-0.3, -0.25) is 14.5 Å². The molecule has 11 heteroatoms. The van der Waals surface area contributed by atoms with Crippen LogP contribution in [0.4, 0.5) is 0 Å². The summed E-state index contributed by atoms with van der Waals surface area (Å²) >= 11 is 1.42. The largest absolute Gasteiger partial charge is 0.461 e. The molecule has 1 N–H and O–H groups in total. The fraction of sp³-hybridized carbons (Fsp3) is 0.812. The number of rotatable bonds is 17. The first kappa shape index (κ1) is 37.4. The Morgan fingerprint density at radius 3 is 2.30 bits per heavy atom. The molecule has 1 saturated heterocycles. The summed E-state index contributed by atoms with van der Waals surface area (Å²) in [6.45, 7) is 17.9. The number of piperidine rings is 1. The van der Waals surface area contributed by atoms with Crippen molar-refractivity contribution in [3.8, 4) is 0 Å². The number of amides is 2. The maximum atomic E-state index is 14.2. The van der Waals surface area contributed by atoms with Crippen molar-refractivity contribution in [3.05, 3.63) is 16.1 Å². The lowest BCUT2D eigenvalue weighted by molar-refractivity contribution is -0.141. The van der Waals surface area contributed by atoms with Crippen LogP contribution in [-0.2, 0) is 18.8 Å². The number of hydrogen-bond donors (Lipinski definition) is 1. The van der Waals surface area contributed by atoms with E-state index in [0.717, 1.165) is 55.4 Å². The van der Waals surface area contributed by atoms with Crippen molar-refractivity contribution in [2.45, 2.75) is 130 Å². The molecular weight excluding hydrogens is 581 g/mol. The zero-order valence-electron chi connectivity index (χ0n) is 28.4. The van der Waals surface area contributed by atoms with Gasteiger partial charge >= 0.3 is 5.97 Å². The van der Waals surface area contributed by atoms with Crippen LogP contribution in [0.3, 0.4) is 0 Å². The predicted molar refractivity (Wildman–Crippen MR) is 177 cm³/mol. The predicted octanol–water partition coefficient (Wildman–Crippen LogP) is 6.27. The normalized spacial score (nSPS) is 19.0. The molecule has 0 bridgehead atoms. The van der Waals surface area contributed by atoms with Crippen LogP contribution in [0.5, 0.6) is 0 Å². The van der Waals surface area contributed by atoms with E-state index in [1.807, 2.05) is 25.9 Å².